The van der Waals surface area contributed by atoms with Gasteiger partial charge in [0.15, 0.2) is 6.29 Å². The number of aliphatic hydroxyl groups excluding tert-OH is 2. The van der Waals surface area contributed by atoms with E-state index in [1.54, 1.807) is 0 Å². The van der Waals surface area contributed by atoms with Gasteiger partial charge >= 0.3 is 7.82 Å². The van der Waals surface area contributed by atoms with Crippen LogP contribution in [0.3, 0.4) is 0 Å². The molecule has 9 heteroatoms. The van der Waals surface area contributed by atoms with E-state index in [0.717, 1.165) is 0 Å². The quantitative estimate of drug-likeness (QED) is 0.347. The molecule has 0 aliphatic carbocycles. The number of rotatable bonds is 2. The van der Waals surface area contributed by atoms with Crippen LogP contribution in [0.1, 0.15) is 6.92 Å². The zero-order valence-corrected chi connectivity index (χ0v) is 8.82. The predicted octanol–water partition coefficient (Wildman–Crippen LogP) is -2.11. The predicted molar refractivity (Wildman–Crippen MR) is 47.5 cm³/mol. The second kappa shape index (κ2) is 4.44. The zero-order valence-electron chi connectivity index (χ0n) is 7.92. The third kappa shape index (κ3) is 3.20. The van der Waals surface area contributed by atoms with E-state index in [1.165, 1.54) is 6.92 Å². The molecule has 0 aromatic carbocycles. The molecule has 1 aliphatic heterocycles. The highest BCUT2D eigenvalue weighted by Gasteiger charge is 2.43. The summed E-state index contributed by atoms with van der Waals surface area (Å²) >= 11 is 0. The van der Waals surface area contributed by atoms with E-state index in [9.17, 15) is 14.8 Å². The Bertz CT molecular complexity index is 268. The van der Waals surface area contributed by atoms with Crippen molar-refractivity contribution in [2.75, 3.05) is 0 Å². The lowest BCUT2D eigenvalue weighted by Gasteiger charge is -2.39. The van der Waals surface area contributed by atoms with Gasteiger partial charge in [-0.1, -0.05) is 0 Å². The van der Waals surface area contributed by atoms with Crippen LogP contribution in [0.15, 0.2) is 0 Å². The summed E-state index contributed by atoms with van der Waals surface area (Å²) < 4.78 is 19.6. The van der Waals surface area contributed by atoms with Gasteiger partial charge in [0, 0.05) is 0 Å². The third-order valence-corrected chi connectivity index (χ3v) is 2.64. The van der Waals surface area contributed by atoms with Gasteiger partial charge < -0.3 is 30.5 Å². The van der Waals surface area contributed by atoms with Crippen molar-refractivity contribution in [3.05, 3.63) is 0 Å². The molecule has 1 aliphatic rings. The normalized spacial score (nSPS) is 42.9. The van der Waals surface area contributed by atoms with Gasteiger partial charge in [-0.15, -0.1) is 0 Å². The molecule has 90 valence electrons. The molecule has 0 unspecified atom stereocenters. The Morgan fingerprint density at radius 3 is 2.33 bits per heavy atom. The third-order valence-electron chi connectivity index (χ3n) is 2.16. The molecule has 5 atom stereocenters. The summed E-state index contributed by atoms with van der Waals surface area (Å²) in [5.74, 6) is 0. The molecule has 0 aromatic heterocycles. The van der Waals surface area contributed by atoms with Crippen molar-refractivity contribution in [3.8, 4) is 0 Å². The first-order valence-electron chi connectivity index (χ1n) is 4.23. The average Bonchev–Trinajstić information content (AvgIpc) is 2.08. The molecule has 0 spiro atoms. The molecule has 0 saturated carbocycles. The van der Waals surface area contributed by atoms with Crippen LogP contribution in [-0.4, -0.2) is 50.6 Å². The molecular weight excluding hydrogens is 229 g/mol. The lowest BCUT2D eigenvalue weighted by Crippen LogP contribution is -2.60. The largest absolute Gasteiger partial charge is 0.472 e. The molecule has 1 heterocycles. The van der Waals surface area contributed by atoms with Crippen LogP contribution in [0, 0.1) is 0 Å². The number of nitrogens with two attached hydrogens (primary N) is 1. The Morgan fingerprint density at radius 2 is 1.87 bits per heavy atom. The van der Waals surface area contributed by atoms with Crippen LogP contribution in [0.4, 0.5) is 0 Å². The van der Waals surface area contributed by atoms with Crippen molar-refractivity contribution in [1.82, 2.24) is 0 Å². The molecule has 0 amide bonds. The molecule has 1 fully saturated rings. The Morgan fingerprint density at radius 1 is 1.33 bits per heavy atom. The summed E-state index contributed by atoms with van der Waals surface area (Å²) in [6.45, 7) is 1.50. The highest BCUT2D eigenvalue weighted by molar-refractivity contribution is 7.46. The maximum atomic E-state index is 10.5. The standard InChI is InChI=1S/C6H14NO7P/c1-2-3(7)4(8)5(9)6(13-2)14-15(10,11)12/h2-6,8-9H,7H2,1H3,(H2,10,11,12)/t2-,3-,4+,5-,6+/m1/s1. The molecule has 6 N–H and O–H groups in total. The Hall–Kier alpha value is -0.0500. The minimum Gasteiger partial charge on any atom is -0.388 e. The Balaban J connectivity index is 2.71. The lowest BCUT2D eigenvalue weighted by molar-refractivity contribution is -0.242. The second-order valence-corrected chi connectivity index (χ2v) is 4.56. The van der Waals surface area contributed by atoms with Gasteiger partial charge in [0.25, 0.3) is 0 Å². The van der Waals surface area contributed by atoms with E-state index < -0.39 is 38.5 Å². The molecule has 8 nitrogen and oxygen atoms in total. The van der Waals surface area contributed by atoms with E-state index >= 15 is 0 Å². The molecule has 0 bridgehead atoms. The van der Waals surface area contributed by atoms with Gasteiger partial charge in [0.05, 0.1) is 12.1 Å². The van der Waals surface area contributed by atoms with Crippen LogP contribution in [0.25, 0.3) is 0 Å². The first-order valence-corrected chi connectivity index (χ1v) is 5.76. The van der Waals surface area contributed by atoms with E-state index in [2.05, 4.69) is 4.52 Å². The van der Waals surface area contributed by atoms with Gasteiger partial charge in [-0.25, -0.2) is 4.57 Å². The fraction of sp³-hybridized carbons (Fsp3) is 1.00. The minimum atomic E-state index is -4.78. The van der Waals surface area contributed by atoms with E-state index in [1.807, 2.05) is 0 Å². The van der Waals surface area contributed by atoms with Crippen molar-refractivity contribution < 1.29 is 33.8 Å². The highest BCUT2D eigenvalue weighted by Crippen LogP contribution is 2.40. The molecular formula is C6H14NO7P. The number of phosphoric acid groups is 1. The maximum absolute atomic E-state index is 10.5. The van der Waals surface area contributed by atoms with Crippen molar-refractivity contribution in [2.45, 2.75) is 37.6 Å². The summed E-state index contributed by atoms with van der Waals surface area (Å²) in [6, 6.07) is -0.836. The van der Waals surface area contributed by atoms with Gasteiger partial charge in [0.2, 0.25) is 0 Å². The monoisotopic (exact) mass is 243 g/mol. The second-order valence-electron chi connectivity index (χ2n) is 3.36. The molecule has 0 radical (unpaired) electrons. The fourth-order valence-corrected chi connectivity index (χ4v) is 1.72. The fourth-order valence-electron chi connectivity index (χ4n) is 1.27. The lowest BCUT2D eigenvalue weighted by atomic mass is 9.98. The van der Waals surface area contributed by atoms with Crippen LogP contribution in [0.5, 0.6) is 0 Å². The van der Waals surface area contributed by atoms with Crippen LogP contribution < -0.4 is 5.73 Å². The van der Waals surface area contributed by atoms with Crippen molar-refractivity contribution in [3.63, 3.8) is 0 Å². The summed E-state index contributed by atoms with van der Waals surface area (Å²) in [7, 11) is -4.78. The van der Waals surface area contributed by atoms with E-state index in [-0.39, 0.29) is 0 Å². The first-order chi connectivity index (χ1) is 6.72. The number of phosphoric ester groups is 1. The number of hydrogen-bond donors (Lipinski definition) is 5. The van der Waals surface area contributed by atoms with Gasteiger partial charge in [0.1, 0.15) is 12.2 Å². The van der Waals surface area contributed by atoms with Crippen molar-refractivity contribution in [1.29, 1.82) is 0 Å². The van der Waals surface area contributed by atoms with E-state index in [0.29, 0.717) is 0 Å². The van der Waals surface area contributed by atoms with Crippen molar-refractivity contribution >= 4 is 7.82 Å². The molecule has 1 rings (SSSR count). The molecule has 15 heavy (non-hydrogen) atoms. The van der Waals surface area contributed by atoms with E-state index in [4.69, 9.17) is 20.3 Å². The molecule has 1 saturated heterocycles. The van der Waals surface area contributed by atoms with Crippen LogP contribution >= 0.6 is 7.82 Å². The SMILES string of the molecule is C[C@H]1O[C@@H](OP(=O)(O)O)[C@H](O)[C@@H](O)[C@@H]1N. The smallest absolute Gasteiger partial charge is 0.388 e. The van der Waals surface area contributed by atoms with Gasteiger partial charge in [-0.3, -0.25) is 4.52 Å². The summed E-state index contributed by atoms with van der Waals surface area (Å²) in [5, 5.41) is 18.8. The van der Waals surface area contributed by atoms with Crippen LogP contribution in [0.2, 0.25) is 0 Å². The molecule has 0 aromatic rings. The van der Waals surface area contributed by atoms with Crippen LogP contribution in [-0.2, 0) is 13.8 Å². The number of ether oxygens (including phenoxy) is 1. The number of hydrogen-bond acceptors (Lipinski definition) is 6. The Labute approximate surface area is 85.9 Å². The summed E-state index contributed by atoms with van der Waals surface area (Å²) in [4.78, 5) is 17.0. The van der Waals surface area contributed by atoms with Gasteiger partial charge in [-0.2, -0.15) is 0 Å². The summed E-state index contributed by atoms with van der Waals surface area (Å²) in [6.07, 6.45) is -5.22. The maximum Gasteiger partial charge on any atom is 0.472 e. The highest BCUT2D eigenvalue weighted by atomic mass is 31.2. The van der Waals surface area contributed by atoms with Gasteiger partial charge in [-0.05, 0) is 6.92 Å². The Kier molecular flexibility index (Phi) is 3.85. The number of aliphatic hydroxyl groups is 2. The zero-order chi connectivity index (χ0) is 11.8. The average molecular weight is 243 g/mol. The summed E-state index contributed by atoms with van der Waals surface area (Å²) in [5.41, 5.74) is 5.45. The topological polar surface area (TPSA) is 142 Å². The first kappa shape index (κ1) is 13.0. The minimum absolute atomic E-state index is 0.681. The van der Waals surface area contributed by atoms with Crippen molar-refractivity contribution in [2.24, 2.45) is 5.73 Å².